The van der Waals surface area contributed by atoms with Gasteiger partial charge in [-0.2, -0.15) is 0 Å². The first-order valence-electron chi connectivity index (χ1n) is 7.66. The summed E-state index contributed by atoms with van der Waals surface area (Å²) in [6.45, 7) is 5.51. The van der Waals surface area contributed by atoms with Gasteiger partial charge < -0.3 is 5.11 Å². The summed E-state index contributed by atoms with van der Waals surface area (Å²) in [4.78, 5) is 13.2. The predicted molar refractivity (Wildman–Crippen MR) is 84.2 cm³/mol. The summed E-state index contributed by atoms with van der Waals surface area (Å²) in [6.07, 6.45) is 4.94. The van der Waals surface area contributed by atoms with E-state index in [9.17, 15) is 18.3 Å². The van der Waals surface area contributed by atoms with Crippen LogP contribution in [0.1, 0.15) is 59.3 Å². The second-order valence-electron chi connectivity index (χ2n) is 7.21. The van der Waals surface area contributed by atoms with Crippen molar-refractivity contribution in [3.8, 4) is 0 Å². The molecule has 0 spiro atoms. The SMILES string of the molecule is CN(CCS(=O)(=O)C(C)(C)C)C1(CC(=O)O)CCCCC1. The highest BCUT2D eigenvalue weighted by Gasteiger charge is 2.39. The molecule has 0 heterocycles. The molecule has 1 aliphatic rings. The van der Waals surface area contributed by atoms with Crippen LogP contribution in [0.3, 0.4) is 0 Å². The molecule has 5 nitrogen and oxygen atoms in total. The number of rotatable bonds is 6. The topological polar surface area (TPSA) is 74.7 Å². The molecule has 0 aromatic heterocycles. The van der Waals surface area contributed by atoms with Crippen molar-refractivity contribution in [1.82, 2.24) is 4.90 Å². The van der Waals surface area contributed by atoms with Gasteiger partial charge in [-0.25, -0.2) is 8.42 Å². The molecule has 0 radical (unpaired) electrons. The fourth-order valence-corrected chi connectivity index (χ4v) is 4.11. The third-order valence-electron chi connectivity index (χ3n) is 4.70. The molecule has 0 aliphatic heterocycles. The van der Waals surface area contributed by atoms with E-state index >= 15 is 0 Å². The molecule has 0 unspecified atom stereocenters. The summed E-state index contributed by atoms with van der Waals surface area (Å²) in [6, 6.07) is 0. The molecule has 1 saturated carbocycles. The van der Waals surface area contributed by atoms with Gasteiger partial charge >= 0.3 is 5.97 Å². The highest BCUT2D eigenvalue weighted by Crippen LogP contribution is 2.36. The molecule has 124 valence electrons. The second-order valence-corrected chi connectivity index (χ2v) is 10.1. The van der Waals surface area contributed by atoms with Gasteiger partial charge in [-0.15, -0.1) is 0 Å². The Balaban J connectivity index is 2.78. The minimum absolute atomic E-state index is 0.0777. The Morgan fingerprint density at radius 2 is 1.71 bits per heavy atom. The van der Waals surface area contributed by atoms with Gasteiger partial charge in [-0.3, -0.25) is 9.69 Å². The lowest BCUT2D eigenvalue weighted by molar-refractivity contribution is -0.141. The molecular formula is C15H29NO4S. The van der Waals surface area contributed by atoms with Crippen molar-refractivity contribution in [1.29, 1.82) is 0 Å². The van der Waals surface area contributed by atoms with Crippen molar-refractivity contribution in [2.75, 3.05) is 19.3 Å². The number of carbonyl (C=O) groups is 1. The zero-order chi connectivity index (χ0) is 16.3. The Kier molecular flexibility index (Phi) is 5.83. The van der Waals surface area contributed by atoms with Gasteiger partial charge in [-0.1, -0.05) is 19.3 Å². The fourth-order valence-electron chi connectivity index (χ4n) is 2.99. The number of hydrogen-bond donors (Lipinski definition) is 1. The fraction of sp³-hybridized carbons (Fsp3) is 0.933. The van der Waals surface area contributed by atoms with Crippen molar-refractivity contribution < 1.29 is 18.3 Å². The molecule has 6 heteroatoms. The molecule has 1 aliphatic carbocycles. The van der Waals surface area contributed by atoms with E-state index in [2.05, 4.69) is 0 Å². The number of hydrogen-bond acceptors (Lipinski definition) is 4. The Labute approximate surface area is 128 Å². The number of carboxylic acid groups (broad SMARTS) is 1. The summed E-state index contributed by atoms with van der Waals surface area (Å²) < 4.78 is 23.7. The van der Waals surface area contributed by atoms with Crippen molar-refractivity contribution in [2.24, 2.45) is 0 Å². The molecule has 21 heavy (non-hydrogen) atoms. The van der Waals surface area contributed by atoms with Gasteiger partial charge in [0.05, 0.1) is 16.9 Å². The van der Waals surface area contributed by atoms with Gasteiger partial charge in [0.25, 0.3) is 0 Å². The molecule has 0 aromatic rings. The maximum atomic E-state index is 12.2. The first kappa shape index (κ1) is 18.4. The van der Waals surface area contributed by atoms with Gasteiger partial charge in [-0.05, 0) is 40.7 Å². The average Bonchev–Trinajstić information content (AvgIpc) is 2.35. The number of carboxylic acids is 1. The monoisotopic (exact) mass is 319 g/mol. The van der Waals surface area contributed by atoms with Crippen LogP contribution in [-0.2, 0) is 14.6 Å². The van der Waals surface area contributed by atoms with Gasteiger partial charge in [0.2, 0.25) is 0 Å². The second kappa shape index (κ2) is 6.65. The number of aliphatic carboxylic acids is 1. The van der Waals surface area contributed by atoms with Crippen LogP contribution in [0, 0.1) is 0 Å². The smallest absolute Gasteiger partial charge is 0.305 e. The molecule has 1 fully saturated rings. The Hall–Kier alpha value is -0.620. The molecular weight excluding hydrogens is 290 g/mol. The van der Waals surface area contributed by atoms with Crippen molar-refractivity contribution in [2.45, 2.75) is 69.6 Å². The van der Waals surface area contributed by atoms with E-state index in [4.69, 9.17) is 0 Å². The van der Waals surface area contributed by atoms with E-state index in [-0.39, 0.29) is 17.7 Å². The summed E-state index contributed by atoms with van der Waals surface area (Å²) in [7, 11) is -1.31. The van der Waals surface area contributed by atoms with Crippen molar-refractivity contribution in [3.05, 3.63) is 0 Å². The average molecular weight is 319 g/mol. The lowest BCUT2D eigenvalue weighted by atomic mass is 9.78. The van der Waals surface area contributed by atoms with Crippen molar-refractivity contribution >= 4 is 15.8 Å². The van der Waals surface area contributed by atoms with Crippen LogP contribution in [-0.4, -0.2) is 54.0 Å². The maximum absolute atomic E-state index is 12.2. The third-order valence-corrected chi connectivity index (χ3v) is 7.29. The predicted octanol–water partition coefficient (Wildman–Crippen LogP) is 2.31. The Morgan fingerprint density at radius 1 is 1.19 bits per heavy atom. The molecule has 0 saturated heterocycles. The molecule has 0 amide bonds. The molecule has 0 aromatic carbocycles. The largest absolute Gasteiger partial charge is 0.481 e. The minimum atomic E-state index is -3.18. The molecule has 0 atom stereocenters. The first-order chi connectivity index (χ1) is 9.50. The van der Waals surface area contributed by atoms with Crippen LogP contribution >= 0.6 is 0 Å². The van der Waals surface area contributed by atoms with E-state index in [0.717, 1.165) is 32.1 Å². The highest BCUT2D eigenvalue weighted by atomic mass is 32.2. The Morgan fingerprint density at radius 3 is 2.14 bits per heavy atom. The van der Waals surface area contributed by atoms with Crippen LogP contribution in [0.5, 0.6) is 0 Å². The van der Waals surface area contributed by atoms with Crippen molar-refractivity contribution in [3.63, 3.8) is 0 Å². The van der Waals surface area contributed by atoms with Crippen LogP contribution in [0.15, 0.2) is 0 Å². The first-order valence-corrected chi connectivity index (χ1v) is 9.31. The minimum Gasteiger partial charge on any atom is -0.481 e. The number of sulfone groups is 1. The van der Waals surface area contributed by atoms with Gasteiger partial charge in [0, 0.05) is 12.1 Å². The maximum Gasteiger partial charge on any atom is 0.305 e. The molecule has 0 bridgehead atoms. The van der Waals surface area contributed by atoms with E-state index in [1.54, 1.807) is 20.8 Å². The van der Waals surface area contributed by atoms with E-state index in [1.165, 1.54) is 0 Å². The normalized spacial score (nSPS) is 19.7. The molecule has 1 N–H and O–H groups in total. The lowest BCUT2D eigenvalue weighted by Crippen LogP contribution is -2.51. The van der Waals surface area contributed by atoms with Crippen LogP contribution in [0.25, 0.3) is 0 Å². The van der Waals surface area contributed by atoms with Crippen LogP contribution < -0.4 is 0 Å². The summed E-state index contributed by atoms with van der Waals surface area (Å²) in [5, 5.41) is 9.19. The lowest BCUT2D eigenvalue weighted by Gasteiger charge is -2.44. The highest BCUT2D eigenvalue weighted by molar-refractivity contribution is 7.92. The zero-order valence-corrected chi connectivity index (χ0v) is 14.5. The van der Waals surface area contributed by atoms with E-state index < -0.39 is 20.6 Å². The Bertz CT molecular complexity index is 459. The van der Waals surface area contributed by atoms with Crippen LogP contribution in [0.4, 0.5) is 0 Å². The summed E-state index contributed by atoms with van der Waals surface area (Å²) in [5.41, 5.74) is -0.377. The third kappa shape index (κ3) is 4.68. The standard InChI is InChI=1S/C15H29NO4S/c1-14(2,3)21(19,20)11-10-16(4)15(12-13(17)18)8-6-5-7-9-15/h5-12H2,1-4H3,(H,17,18). The van der Waals surface area contributed by atoms with Gasteiger partial charge in [0.15, 0.2) is 9.84 Å². The zero-order valence-electron chi connectivity index (χ0n) is 13.7. The summed E-state index contributed by atoms with van der Waals surface area (Å²) >= 11 is 0. The quantitative estimate of drug-likeness (QED) is 0.813. The van der Waals surface area contributed by atoms with E-state index in [1.807, 2.05) is 11.9 Å². The van der Waals surface area contributed by atoms with Gasteiger partial charge in [0.1, 0.15) is 0 Å². The van der Waals surface area contributed by atoms with E-state index in [0.29, 0.717) is 6.54 Å². The summed E-state index contributed by atoms with van der Waals surface area (Å²) in [5.74, 6) is -0.726. The molecule has 1 rings (SSSR count). The van der Waals surface area contributed by atoms with Crippen LogP contribution in [0.2, 0.25) is 0 Å². The number of nitrogens with zero attached hydrogens (tertiary/aromatic N) is 1.